The van der Waals surface area contributed by atoms with Crippen LogP contribution in [0.5, 0.6) is 0 Å². The molecule has 110 valence electrons. The van der Waals surface area contributed by atoms with Crippen molar-refractivity contribution in [1.82, 2.24) is 15.1 Å². The van der Waals surface area contributed by atoms with Crippen LogP contribution in [0.25, 0.3) is 0 Å². The molecule has 2 saturated heterocycles. The van der Waals surface area contributed by atoms with E-state index in [1.165, 1.54) is 0 Å². The van der Waals surface area contributed by atoms with Crippen molar-refractivity contribution in [3.63, 3.8) is 0 Å². The van der Waals surface area contributed by atoms with Crippen LogP contribution in [0.15, 0.2) is 0 Å². The van der Waals surface area contributed by atoms with Crippen molar-refractivity contribution in [3.05, 3.63) is 15.8 Å². The third-order valence-corrected chi connectivity index (χ3v) is 4.47. The highest BCUT2D eigenvalue weighted by Crippen LogP contribution is 2.40. The lowest BCUT2D eigenvalue weighted by molar-refractivity contribution is -0.385. The summed E-state index contributed by atoms with van der Waals surface area (Å²) in [7, 11) is 1.81. The van der Waals surface area contributed by atoms with E-state index in [0.29, 0.717) is 23.5 Å². The number of nitrogens with one attached hydrogen (secondary N) is 1. The average molecular weight is 279 g/mol. The number of hydrogen-bond donors (Lipinski definition) is 1. The Balaban J connectivity index is 2.06. The van der Waals surface area contributed by atoms with E-state index < -0.39 is 0 Å². The van der Waals surface area contributed by atoms with Crippen LogP contribution in [0.1, 0.15) is 31.9 Å². The van der Waals surface area contributed by atoms with Crippen molar-refractivity contribution in [1.29, 1.82) is 0 Å². The minimum absolute atomic E-state index is 0.0513. The molecule has 0 bridgehead atoms. The summed E-state index contributed by atoms with van der Waals surface area (Å²) in [5.74, 6) is 1.33. The van der Waals surface area contributed by atoms with Gasteiger partial charge in [-0.25, -0.2) is 4.68 Å². The van der Waals surface area contributed by atoms with Crippen LogP contribution < -0.4 is 10.2 Å². The van der Waals surface area contributed by atoms with E-state index in [0.717, 1.165) is 26.1 Å². The van der Waals surface area contributed by atoms with Crippen LogP contribution in [-0.2, 0) is 7.05 Å². The molecule has 0 aliphatic carbocycles. The molecule has 0 saturated carbocycles. The average Bonchev–Trinajstić information content (AvgIpc) is 3.01. The van der Waals surface area contributed by atoms with Crippen molar-refractivity contribution < 1.29 is 4.92 Å². The lowest BCUT2D eigenvalue weighted by Crippen LogP contribution is -2.35. The maximum atomic E-state index is 11.5. The maximum absolute atomic E-state index is 11.5. The first-order valence-corrected chi connectivity index (χ1v) is 7.19. The van der Waals surface area contributed by atoms with Crippen molar-refractivity contribution >= 4 is 11.5 Å². The van der Waals surface area contributed by atoms with Gasteiger partial charge in [0.05, 0.1) is 4.92 Å². The Morgan fingerprint density at radius 3 is 2.85 bits per heavy atom. The van der Waals surface area contributed by atoms with Gasteiger partial charge in [0.25, 0.3) is 0 Å². The number of rotatable bonds is 3. The molecule has 7 heteroatoms. The van der Waals surface area contributed by atoms with Crippen molar-refractivity contribution in [2.75, 3.05) is 24.5 Å². The van der Waals surface area contributed by atoms with Crippen LogP contribution in [0.2, 0.25) is 0 Å². The number of fused-ring (bicyclic) bond motifs is 1. The fourth-order valence-electron chi connectivity index (χ4n) is 3.52. The summed E-state index contributed by atoms with van der Waals surface area (Å²) in [6.45, 7) is 6.70. The summed E-state index contributed by atoms with van der Waals surface area (Å²) in [5, 5.41) is 19.3. The van der Waals surface area contributed by atoms with E-state index in [4.69, 9.17) is 0 Å². The third kappa shape index (κ3) is 1.88. The van der Waals surface area contributed by atoms with E-state index in [1.807, 2.05) is 20.9 Å². The molecule has 2 fully saturated rings. The normalized spacial score (nSPS) is 25.5. The molecule has 20 heavy (non-hydrogen) atoms. The topological polar surface area (TPSA) is 76.2 Å². The molecule has 3 rings (SSSR count). The maximum Gasteiger partial charge on any atom is 0.334 e. The van der Waals surface area contributed by atoms with Gasteiger partial charge in [-0.3, -0.25) is 10.1 Å². The van der Waals surface area contributed by atoms with Gasteiger partial charge in [-0.15, -0.1) is 0 Å². The molecule has 1 aromatic rings. The van der Waals surface area contributed by atoms with Gasteiger partial charge in [-0.2, -0.15) is 5.10 Å². The summed E-state index contributed by atoms with van der Waals surface area (Å²) in [5.41, 5.74) is 0.775. The third-order valence-electron chi connectivity index (χ3n) is 4.47. The summed E-state index contributed by atoms with van der Waals surface area (Å²) >= 11 is 0. The van der Waals surface area contributed by atoms with Crippen molar-refractivity contribution in [2.24, 2.45) is 13.0 Å². The van der Waals surface area contributed by atoms with Crippen LogP contribution in [0, 0.1) is 16.0 Å². The minimum Gasteiger partial charge on any atom is -0.346 e. The van der Waals surface area contributed by atoms with Crippen LogP contribution in [0.4, 0.5) is 11.5 Å². The highest BCUT2D eigenvalue weighted by molar-refractivity contribution is 5.63. The first-order chi connectivity index (χ1) is 9.50. The smallest absolute Gasteiger partial charge is 0.334 e. The highest BCUT2D eigenvalue weighted by Gasteiger charge is 2.42. The monoisotopic (exact) mass is 279 g/mol. The van der Waals surface area contributed by atoms with Crippen LogP contribution in [-0.4, -0.2) is 40.4 Å². The molecule has 7 nitrogen and oxygen atoms in total. The first kappa shape index (κ1) is 13.4. The lowest BCUT2D eigenvalue weighted by Gasteiger charge is -2.24. The lowest BCUT2D eigenvalue weighted by atomic mass is 10.1. The molecular formula is C13H21N5O2. The molecule has 2 aliphatic rings. The Morgan fingerprint density at radius 2 is 2.20 bits per heavy atom. The Labute approximate surface area is 118 Å². The number of nitro groups is 1. The van der Waals surface area contributed by atoms with Gasteiger partial charge < -0.3 is 10.2 Å². The molecule has 1 N–H and O–H groups in total. The Hall–Kier alpha value is -1.63. The van der Waals surface area contributed by atoms with Crippen molar-refractivity contribution in [2.45, 2.75) is 32.2 Å². The predicted molar refractivity (Wildman–Crippen MR) is 76.1 cm³/mol. The van der Waals surface area contributed by atoms with E-state index in [-0.39, 0.29) is 16.5 Å². The number of aryl methyl sites for hydroxylation is 1. The van der Waals surface area contributed by atoms with E-state index in [9.17, 15) is 10.1 Å². The van der Waals surface area contributed by atoms with Gasteiger partial charge in [0.1, 0.15) is 5.69 Å². The number of nitrogens with zero attached hydrogens (tertiary/aromatic N) is 4. The van der Waals surface area contributed by atoms with E-state index in [1.54, 1.807) is 4.68 Å². The van der Waals surface area contributed by atoms with Gasteiger partial charge in [0.2, 0.25) is 5.82 Å². The molecule has 3 heterocycles. The molecular weight excluding hydrogens is 258 g/mol. The predicted octanol–water partition coefficient (Wildman–Crippen LogP) is 1.25. The molecule has 2 aliphatic heterocycles. The molecule has 0 amide bonds. The summed E-state index contributed by atoms with van der Waals surface area (Å²) in [4.78, 5) is 13.4. The number of anilines is 1. The fourth-order valence-corrected chi connectivity index (χ4v) is 3.52. The number of hydrogen-bond acceptors (Lipinski definition) is 5. The second-order valence-electron chi connectivity index (χ2n) is 6.06. The largest absolute Gasteiger partial charge is 0.346 e. The zero-order chi connectivity index (χ0) is 14.4. The standard InChI is InChI=1S/C13H21N5O2/c1-8(2)11-12(18(19)20)13(16(3)15-11)17-5-4-9-6-14-7-10(9)17/h8-10,14H,4-7H2,1-3H3/t9-,10+/m0/s1. The Bertz CT molecular complexity index is 539. The Morgan fingerprint density at radius 1 is 1.45 bits per heavy atom. The van der Waals surface area contributed by atoms with Crippen molar-refractivity contribution in [3.8, 4) is 0 Å². The number of aromatic nitrogens is 2. The molecule has 0 radical (unpaired) electrons. The quantitative estimate of drug-likeness (QED) is 0.665. The second-order valence-corrected chi connectivity index (χ2v) is 6.06. The highest BCUT2D eigenvalue weighted by atomic mass is 16.6. The molecule has 0 aromatic carbocycles. The van der Waals surface area contributed by atoms with Gasteiger partial charge >= 0.3 is 5.69 Å². The minimum atomic E-state index is -0.270. The summed E-state index contributed by atoms with van der Waals surface area (Å²) in [6.07, 6.45) is 1.09. The first-order valence-electron chi connectivity index (χ1n) is 7.19. The molecule has 0 spiro atoms. The van der Waals surface area contributed by atoms with E-state index in [2.05, 4.69) is 15.3 Å². The van der Waals surface area contributed by atoms with Gasteiger partial charge in [0, 0.05) is 38.6 Å². The summed E-state index contributed by atoms with van der Waals surface area (Å²) < 4.78 is 1.69. The fraction of sp³-hybridized carbons (Fsp3) is 0.769. The van der Waals surface area contributed by atoms with Crippen LogP contribution in [0.3, 0.4) is 0 Å². The van der Waals surface area contributed by atoms with Gasteiger partial charge in [-0.1, -0.05) is 13.8 Å². The second kappa shape index (κ2) is 4.73. The molecule has 0 unspecified atom stereocenters. The SMILES string of the molecule is CC(C)c1nn(C)c(N2CC[C@H]3CNC[C@H]32)c1[N+](=O)[O-]. The Kier molecular flexibility index (Phi) is 3.16. The zero-order valence-electron chi connectivity index (χ0n) is 12.2. The van der Waals surface area contributed by atoms with Crippen LogP contribution >= 0.6 is 0 Å². The molecule has 1 aromatic heterocycles. The van der Waals surface area contributed by atoms with Gasteiger partial charge in [0.15, 0.2) is 0 Å². The summed E-state index contributed by atoms with van der Waals surface area (Å²) in [6, 6.07) is 0.365. The van der Waals surface area contributed by atoms with Gasteiger partial charge in [-0.05, 0) is 12.3 Å². The van der Waals surface area contributed by atoms with E-state index >= 15 is 0 Å². The molecule has 2 atom stereocenters. The zero-order valence-corrected chi connectivity index (χ0v) is 12.2.